The van der Waals surface area contributed by atoms with Crippen LogP contribution >= 0.6 is 23.4 Å². The minimum absolute atomic E-state index is 0.00329. The van der Waals surface area contributed by atoms with Crippen molar-refractivity contribution < 1.29 is 28.6 Å². The number of fused-ring (bicyclic) bond motifs is 3. The molecule has 38 heavy (non-hydrogen) atoms. The Morgan fingerprint density at radius 3 is 2.63 bits per heavy atom. The SMILES string of the molecule is COC(=O)CCC(=O)CNC(=O)C[C@H]1S[C@H](c2cccc(OC)c2OC)c2cc(Cl)ccc2-n2ccnc21. The summed E-state index contributed by atoms with van der Waals surface area (Å²) in [5.41, 5.74) is 2.70. The Labute approximate surface area is 229 Å². The zero-order valence-electron chi connectivity index (χ0n) is 21.2. The third kappa shape index (κ3) is 5.97. The zero-order valence-corrected chi connectivity index (χ0v) is 22.8. The number of thioether (sulfide) groups is 1. The van der Waals surface area contributed by atoms with Crippen LogP contribution in [0.15, 0.2) is 48.8 Å². The monoisotopic (exact) mass is 557 g/mol. The molecule has 0 spiro atoms. The molecule has 0 radical (unpaired) electrons. The molecule has 2 aromatic carbocycles. The number of rotatable bonds is 10. The number of nitrogens with one attached hydrogen (secondary N) is 1. The molecular weight excluding hydrogens is 530 g/mol. The maximum absolute atomic E-state index is 13.0. The number of imidazole rings is 1. The van der Waals surface area contributed by atoms with Crippen molar-refractivity contribution in [3.63, 3.8) is 0 Å². The first-order valence-electron chi connectivity index (χ1n) is 11.9. The van der Waals surface area contributed by atoms with Gasteiger partial charge in [-0.1, -0.05) is 23.7 Å². The summed E-state index contributed by atoms with van der Waals surface area (Å²) in [5, 5.41) is 2.64. The molecule has 2 heterocycles. The van der Waals surface area contributed by atoms with Crippen molar-refractivity contribution >= 4 is 41.0 Å². The highest BCUT2D eigenvalue weighted by atomic mass is 35.5. The zero-order chi connectivity index (χ0) is 27.2. The van der Waals surface area contributed by atoms with Crippen LogP contribution in [0.5, 0.6) is 11.5 Å². The Hall–Kier alpha value is -3.50. The lowest BCUT2D eigenvalue weighted by molar-refractivity contribution is -0.141. The molecule has 4 rings (SSSR count). The van der Waals surface area contributed by atoms with Crippen LogP contribution in [0.2, 0.25) is 5.02 Å². The number of ether oxygens (including phenoxy) is 3. The Kier molecular flexibility index (Phi) is 8.96. The number of ketones is 1. The van der Waals surface area contributed by atoms with E-state index in [0.29, 0.717) is 22.3 Å². The largest absolute Gasteiger partial charge is 0.493 e. The second-order valence-corrected chi connectivity index (χ2v) is 10.3. The van der Waals surface area contributed by atoms with Crippen LogP contribution in [0.4, 0.5) is 0 Å². The van der Waals surface area contributed by atoms with Gasteiger partial charge in [-0.05, 0) is 29.8 Å². The lowest BCUT2D eigenvalue weighted by Crippen LogP contribution is -2.30. The molecule has 3 aromatic rings. The second-order valence-electron chi connectivity index (χ2n) is 8.54. The third-order valence-corrected chi connectivity index (χ3v) is 7.92. The number of carbonyl (C=O) groups excluding carboxylic acids is 3. The minimum Gasteiger partial charge on any atom is -0.493 e. The molecule has 0 aliphatic carbocycles. The van der Waals surface area contributed by atoms with Gasteiger partial charge in [-0.15, -0.1) is 11.8 Å². The Morgan fingerprint density at radius 2 is 1.89 bits per heavy atom. The van der Waals surface area contributed by atoms with E-state index in [1.807, 2.05) is 47.2 Å². The number of hydrogen-bond donors (Lipinski definition) is 1. The number of carbonyl (C=O) groups is 3. The molecule has 0 bridgehead atoms. The number of halogens is 1. The Balaban J connectivity index is 1.64. The van der Waals surface area contributed by atoms with Crippen molar-refractivity contribution in [2.75, 3.05) is 27.9 Å². The number of para-hydroxylation sites is 1. The smallest absolute Gasteiger partial charge is 0.305 e. The first kappa shape index (κ1) is 27.5. The number of esters is 1. The molecule has 0 saturated heterocycles. The molecule has 11 heteroatoms. The second kappa shape index (κ2) is 12.4. The average molecular weight is 558 g/mol. The summed E-state index contributed by atoms with van der Waals surface area (Å²) in [4.78, 5) is 41.0. The van der Waals surface area contributed by atoms with E-state index in [4.69, 9.17) is 21.1 Å². The quantitative estimate of drug-likeness (QED) is 0.364. The van der Waals surface area contributed by atoms with Gasteiger partial charge in [0.05, 0.1) is 50.5 Å². The molecule has 0 unspecified atom stereocenters. The maximum Gasteiger partial charge on any atom is 0.305 e. The summed E-state index contributed by atoms with van der Waals surface area (Å²) < 4.78 is 17.8. The fraction of sp³-hybridized carbons (Fsp3) is 0.333. The number of benzene rings is 2. The highest BCUT2D eigenvalue weighted by Crippen LogP contribution is 2.53. The van der Waals surface area contributed by atoms with Crippen molar-refractivity contribution in [3.05, 3.63) is 70.8 Å². The third-order valence-electron chi connectivity index (χ3n) is 6.19. The molecule has 1 amide bonds. The number of amides is 1. The molecular formula is C27H28ClN3O6S. The van der Waals surface area contributed by atoms with Crippen molar-refractivity contribution in [2.45, 2.75) is 29.8 Å². The van der Waals surface area contributed by atoms with E-state index < -0.39 is 5.97 Å². The van der Waals surface area contributed by atoms with Crippen molar-refractivity contribution in [1.29, 1.82) is 0 Å². The first-order chi connectivity index (χ1) is 18.4. The number of hydrogen-bond acceptors (Lipinski definition) is 8. The average Bonchev–Trinajstić information content (AvgIpc) is 3.37. The van der Waals surface area contributed by atoms with Crippen molar-refractivity contribution in [3.8, 4) is 17.2 Å². The molecule has 1 aliphatic rings. The van der Waals surface area contributed by atoms with Gasteiger partial charge in [-0.25, -0.2) is 4.98 Å². The summed E-state index contributed by atoms with van der Waals surface area (Å²) in [6, 6.07) is 11.4. The molecule has 200 valence electrons. The predicted octanol–water partition coefficient (Wildman–Crippen LogP) is 4.45. The van der Waals surface area contributed by atoms with Crippen LogP contribution in [0.25, 0.3) is 5.69 Å². The van der Waals surface area contributed by atoms with Gasteiger partial charge in [0.25, 0.3) is 0 Å². The molecule has 1 aliphatic heterocycles. The number of methoxy groups -OCH3 is 3. The Bertz CT molecular complexity index is 1340. The lowest BCUT2D eigenvalue weighted by Gasteiger charge is -2.24. The van der Waals surface area contributed by atoms with E-state index in [1.54, 1.807) is 32.2 Å². The van der Waals surface area contributed by atoms with Gasteiger partial charge >= 0.3 is 5.97 Å². The minimum atomic E-state index is -0.468. The van der Waals surface area contributed by atoms with E-state index in [2.05, 4.69) is 15.0 Å². The van der Waals surface area contributed by atoms with Gasteiger partial charge in [0.1, 0.15) is 5.82 Å². The van der Waals surface area contributed by atoms with Gasteiger partial charge in [-0.2, -0.15) is 0 Å². The standard InChI is InChI=1S/C27H28ClN3O6S/c1-35-21-6-4-5-18(25(21)37-3)26-19-13-16(28)7-9-20(19)31-12-11-29-27(31)22(38-26)14-23(33)30-15-17(32)8-10-24(34)36-2/h4-7,9,11-13,22,26H,8,10,14-15H2,1-3H3,(H,30,33)/t22-,26-/m1/s1. The van der Waals surface area contributed by atoms with Gasteiger partial charge < -0.3 is 24.1 Å². The van der Waals surface area contributed by atoms with E-state index in [1.165, 1.54) is 7.11 Å². The lowest BCUT2D eigenvalue weighted by atomic mass is 10.0. The fourth-order valence-corrected chi connectivity index (χ4v) is 6.10. The summed E-state index contributed by atoms with van der Waals surface area (Å²) in [5.74, 6) is 0.872. The van der Waals surface area contributed by atoms with Crippen LogP contribution in [-0.2, 0) is 19.1 Å². The summed E-state index contributed by atoms with van der Waals surface area (Å²) in [7, 11) is 4.44. The molecule has 0 fully saturated rings. The summed E-state index contributed by atoms with van der Waals surface area (Å²) >= 11 is 8.00. The number of nitrogens with zero attached hydrogens (tertiary/aromatic N) is 2. The number of Topliss-reactive ketones (excluding diaryl/α,β-unsaturated/α-hetero) is 1. The van der Waals surface area contributed by atoms with E-state index >= 15 is 0 Å². The topological polar surface area (TPSA) is 109 Å². The molecule has 1 aromatic heterocycles. The van der Waals surface area contributed by atoms with Crippen LogP contribution in [0, 0.1) is 0 Å². The van der Waals surface area contributed by atoms with Crippen molar-refractivity contribution in [1.82, 2.24) is 14.9 Å². The highest BCUT2D eigenvalue weighted by Gasteiger charge is 2.34. The summed E-state index contributed by atoms with van der Waals surface area (Å²) in [6.07, 6.45) is 3.61. The van der Waals surface area contributed by atoms with Gasteiger partial charge in [0, 0.05) is 35.8 Å². The fourth-order valence-electron chi connectivity index (χ4n) is 4.38. The van der Waals surface area contributed by atoms with E-state index in [-0.39, 0.29) is 48.0 Å². The van der Waals surface area contributed by atoms with Gasteiger partial charge in [0.2, 0.25) is 5.91 Å². The van der Waals surface area contributed by atoms with E-state index in [0.717, 1.165) is 16.8 Å². The van der Waals surface area contributed by atoms with Gasteiger partial charge in [0.15, 0.2) is 17.3 Å². The molecule has 1 N–H and O–H groups in total. The van der Waals surface area contributed by atoms with Gasteiger partial charge in [-0.3, -0.25) is 14.4 Å². The normalized spacial score (nSPS) is 16.0. The summed E-state index contributed by atoms with van der Waals surface area (Å²) in [6.45, 7) is -0.162. The highest BCUT2D eigenvalue weighted by molar-refractivity contribution is 8.00. The van der Waals surface area contributed by atoms with Crippen LogP contribution < -0.4 is 14.8 Å². The molecule has 0 saturated carbocycles. The number of aromatic nitrogens is 2. The maximum atomic E-state index is 13.0. The first-order valence-corrected chi connectivity index (χ1v) is 13.2. The predicted molar refractivity (Wildman–Crippen MR) is 144 cm³/mol. The van der Waals surface area contributed by atoms with Crippen LogP contribution in [0.3, 0.4) is 0 Å². The van der Waals surface area contributed by atoms with Crippen LogP contribution in [0.1, 0.15) is 46.7 Å². The Morgan fingerprint density at radius 1 is 1.08 bits per heavy atom. The van der Waals surface area contributed by atoms with Crippen LogP contribution in [-0.4, -0.2) is 55.1 Å². The van der Waals surface area contributed by atoms with E-state index in [9.17, 15) is 14.4 Å². The van der Waals surface area contributed by atoms with Crippen molar-refractivity contribution in [2.24, 2.45) is 0 Å². The molecule has 2 atom stereocenters. The molecule has 9 nitrogen and oxygen atoms in total.